The summed E-state index contributed by atoms with van der Waals surface area (Å²) in [6, 6.07) is 16.7. The van der Waals surface area contributed by atoms with Crippen LogP contribution in [0.4, 0.5) is 17.3 Å². The predicted molar refractivity (Wildman–Crippen MR) is 105 cm³/mol. The van der Waals surface area contributed by atoms with Crippen molar-refractivity contribution in [2.24, 2.45) is 0 Å². The molecule has 0 spiro atoms. The Kier molecular flexibility index (Phi) is 4.51. The maximum Gasteiger partial charge on any atom is 0.373 e. The van der Waals surface area contributed by atoms with Gasteiger partial charge in [0.05, 0.1) is 4.92 Å². The van der Waals surface area contributed by atoms with Gasteiger partial charge in [-0.15, -0.1) is 0 Å². The summed E-state index contributed by atoms with van der Waals surface area (Å²) in [7, 11) is 0. The molecule has 2 heterocycles. The van der Waals surface area contributed by atoms with Gasteiger partial charge < -0.3 is 10.1 Å². The van der Waals surface area contributed by atoms with Gasteiger partial charge in [-0.3, -0.25) is 10.1 Å². The van der Waals surface area contributed by atoms with Crippen molar-refractivity contribution in [3.63, 3.8) is 0 Å². The topological polar surface area (TPSA) is 103 Å². The van der Waals surface area contributed by atoms with E-state index < -0.39 is 4.92 Å². The quantitative estimate of drug-likeness (QED) is 0.397. The van der Waals surface area contributed by atoms with Crippen LogP contribution in [0.25, 0.3) is 10.8 Å². The number of aryl methyl sites for hydroxylation is 1. The van der Waals surface area contributed by atoms with E-state index in [-0.39, 0.29) is 17.4 Å². The first kappa shape index (κ1) is 17.3. The number of hydrogen-bond donors (Lipinski definition) is 1. The van der Waals surface area contributed by atoms with Crippen molar-refractivity contribution in [1.29, 1.82) is 0 Å². The number of hydrogen-bond acceptors (Lipinski definition) is 7. The molecular weight excluding hydrogens is 358 g/mol. The van der Waals surface area contributed by atoms with Crippen LogP contribution in [0.5, 0.6) is 11.6 Å². The zero-order valence-electron chi connectivity index (χ0n) is 14.9. The van der Waals surface area contributed by atoms with Crippen molar-refractivity contribution < 1.29 is 9.66 Å². The van der Waals surface area contributed by atoms with E-state index >= 15 is 0 Å². The van der Waals surface area contributed by atoms with Gasteiger partial charge in [0.1, 0.15) is 17.9 Å². The van der Waals surface area contributed by atoms with E-state index in [1.54, 1.807) is 18.3 Å². The lowest BCUT2D eigenvalue weighted by Crippen LogP contribution is -2.04. The van der Waals surface area contributed by atoms with Crippen LogP contribution in [0.2, 0.25) is 0 Å². The number of nitrogens with zero attached hydrogens (tertiary/aromatic N) is 4. The molecule has 2 aromatic heterocycles. The smallest absolute Gasteiger partial charge is 0.373 e. The summed E-state index contributed by atoms with van der Waals surface area (Å²) in [6.45, 7) is 1.90. The summed E-state index contributed by atoms with van der Waals surface area (Å²) in [5, 5.41) is 16.4. The van der Waals surface area contributed by atoms with Crippen molar-refractivity contribution in [1.82, 2.24) is 15.0 Å². The van der Waals surface area contributed by atoms with Crippen LogP contribution in [-0.2, 0) is 0 Å². The molecule has 0 atom stereocenters. The van der Waals surface area contributed by atoms with E-state index in [2.05, 4.69) is 20.3 Å². The van der Waals surface area contributed by atoms with E-state index in [9.17, 15) is 10.1 Å². The molecule has 4 rings (SSSR count). The minimum absolute atomic E-state index is 0.00610. The third kappa shape index (κ3) is 3.43. The average molecular weight is 373 g/mol. The summed E-state index contributed by atoms with van der Waals surface area (Å²) in [6.07, 6.45) is 2.87. The molecule has 0 bridgehead atoms. The lowest BCUT2D eigenvalue weighted by molar-refractivity contribution is -0.385. The average Bonchev–Trinajstić information content (AvgIpc) is 2.70. The van der Waals surface area contributed by atoms with E-state index in [1.807, 2.05) is 49.4 Å². The molecule has 138 valence electrons. The normalized spacial score (nSPS) is 10.6. The highest BCUT2D eigenvalue weighted by atomic mass is 16.6. The molecule has 8 nitrogen and oxygen atoms in total. The van der Waals surface area contributed by atoms with Crippen LogP contribution in [0.1, 0.15) is 5.56 Å². The summed E-state index contributed by atoms with van der Waals surface area (Å²) >= 11 is 0. The summed E-state index contributed by atoms with van der Waals surface area (Å²) in [4.78, 5) is 23.3. The molecule has 0 saturated heterocycles. The zero-order valence-corrected chi connectivity index (χ0v) is 14.9. The Morgan fingerprint density at radius 2 is 1.82 bits per heavy atom. The standard InChI is InChI=1S/C20H15N5O3/c1-13-9-10-17(21-11-13)24-19-18(25(26)27)20(23-12-22-19)28-16-8-4-6-14-5-2-3-7-15(14)16/h2-12H,1H3,(H,21,22,23,24). The van der Waals surface area contributed by atoms with Crippen LogP contribution in [-0.4, -0.2) is 19.9 Å². The maximum atomic E-state index is 11.7. The van der Waals surface area contributed by atoms with Crippen LogP contribution < -0.4 is 10.1 Å². The monoisotopic (exact) mass is 373 g/mol. The molecule has 0 aliphatic carbocycles. The van der Waals surface area contributed by atoms with Gasteiger partial charge in [0.25, 0.3) is 0 Å². The van der Waals surface area contributed by atoms with E-state index in [1.165, 1.54) is 6.33 Å². The summed E-state index contributed by atoms with van der Waals surface area (Å²) in [5.74, 6) is 0.764. The molecule has 0 amide bonds. The molecule has 0 aliphatic heterocycles. The first-order valence-corrected chi connectivity index (χ1v) is 8.46. The number of benzene rings is 2. The van der Waals surface area contributed by atoms with Crippen LogP contribution in [0.15, 0.2) is 67.1 Å². The number of fused-ring (bicyclic) bond motifs is 1. The van der Waals surface area contributed by atoms with Gasteiger partial charge in [-0.1, -0.05) is 42.5 Å². The second-order valence-electron chi connectivity index (χ2n) is 6.06. The molecule has 8 heteroatoms. The Labute approximate surface area is 160 Å². The van der Waals surface area contributed by atoms with E-state index in [0.29, 0.717) is 11.6 Å². The van der Waals surface area contributed by atoms with Crippen molar-refractivity contribution in [2.45, 2.75) is 6.92 Å². The van der Waals surface area contributed by atoms with Crippen LogP contribution in [0.3, 0.4) is 0 Å². The van der Waals surface area contributed by atoms with Gasteiger partial charge in [-0.2, -0.15) is 4.98 Å². The van der Waals surface area contributed by atoms with Gasteiger partial charge in [0, 0.05) is 11.6 Å². The Hall–Kier alpha value is -4.07. The minimum atomic E-state index is -0.572. The number of ether oxygens (including phenoxy) is 1. The third-order valence-corrected chi connectivity index (χ3v) is 4.09. The SMILES string of the molecule is Cc1ccc(Nc2ncnc(Oc3cccc4ccccc34)c2[N+](=O)[O-])nc1. The maximum absolute atomic E-state index is 11.7. The summed E-state index contributed by atoms with van der Waals surface area (Å²) < 4.78 is 5.83. The Morgan fingerprint density at radius 3 is 2.61 bits per heavy atom. The molecule has 0 fully saturated rings. The van der Waals surface area contributed by atoms with Crippen LogP contribution in [0, 0.1) is 17.0 Å². The second-order valence-corrected chi connectivity index (χ2v) is 6.06. The number of nitro groups is 1. The Balaban J connectivity index is 1.74. The largest absolute Gasteiger partial charge is 0.433 e. The second kappa shape index (κ2) is 7.28. The van der Waals surface area contributed by atoms with Gasteiger partial charge in [0.15, 0.2) is 0 Å². The van der Waals surface area contributed by atoms with E-state index in [4.69, 9.17) is 4.74 Å². The first-order chi connectivity index (χ1) is 13.6. The molecular formula is C20H15N5O3. The lowest BCUT2D eigenvalue weighted by atomic mass is 10.1. The van der Waals surface area contributed by atoms with Gasteiger partial charge in [-0.25, -0.2) is 9.97 Å². The minimum Gasteiger partial charge on any atom is -0.433 e. The highest BCUT2D eigenvalue weighted by Gasteiger charge is 2.26. The van der Waals surface area contributed by atoms with Crippen molar-refractivity contribution in [2.75, 3.05) is 5.32 Å². The molecule has 0 saturated carbocycles. The predicted octanol–water partition coefficient (Wildman–Crippen LogP) is 4.78. The number of anilines is 2. The number of nitrogens with one attached hydrogen (secondary N) is 1. The molecule has 2 aromatic carbocycles. The van der Waals surface area contributed by atoms with Gasteiger partial charge in [-0.05, 0) is 30.0 Å². The molecule has 4 aromatic rings. The fourth-order valence-electron chi connectivity index (χ4n) is 2.75. The highest BCUT2D eigenvalue weighted by Crippen LogP contribution is 2.37. The summed E-state index contributed by atoms with van der Waals surface area (Å²) in [5.41, 5.74) is 0.612. The number of pyridine rings is 1. The molecule has 1 N–H and O–H groups in total. The fourth-order valence-corrected chi connectivity index (χ4v) is 2.75. The van der Waals surface area contributed by atoms with E-state index in [0.717, 1.165) is 16.3 Å². The number of aromatic nitrogens is 3. The molecule has 0 aliphatic rings. The fraction of sp³-hybridized carbons (Fsp3) is 0.0500. The van der Waals surface area contributed by atoms with Crippen molar-refractivity contribution in [3.8, 4) is 11.6 Å². The highest BCUT2D eigenvalue weighted by molar-refractivity contribution is 5.88. The van der Waals surface area contributed by atoms with Gasteiger partial charge >= 0.3 is 11.6 Å². The van der Waals surface area contributed by atoms with Crippen LogP contribution >= 0.6 is 0 Å². The Morgan fingerprint density at radius 1 is 1.00 bits per heavy atom. The Bertz CT molecular complexity index is 1160. The van der Waals surface area contributed by atoms with Crippen molar-refractivity contribution in [3.05, 3.63) is 82.8 Å². The third-order valence-electron chi connectivity index (χ3n) is 4.09. The molecule has 0 radical (unpaired) electrons. The van der Waals surface area contributed by atoms with Crippen molar-refractivity contribution >= 4 is 28.1 Å². The first-order valence-electron chi connectivity index (χ1n) is 8.46. The molecule has 0 unspecified atom stereocenters. The molecule has 28 heavy (non-hydrogen) atoms. The lowest BCUT2D eigenvalue weighted by Gasteiger charge is -2.10. The zero-order chi connectivity index (χ0) is 19.5. The number of rotatable bonds is 5. The van der Waals surface area contributed by atoms with Gasteiger partial charge in [0.2, 0.25) is 5.82 Å².